The predicted octanol–water partition coefficient (Wildman–Crippen LogP) is 4.39. The third-order valence-corrected chi connectivity index (χ3v) is 4.92. The summed E-state index contributed by atoms with van der Waals surface area (Å²) >= 11 is 1.45. The SMILES string of the molecule is CCCC(=O)Nc1ccc(C(=O)COC(=O)CSCc2ccc(C)cc2)cc1. The van der Waals surface area contributed by atoms with E-state index in [4.69, 9.17) is 4.74 Å². The van der Waals surface area contributed by atoms with Crippen LogP contribution in [0, 0.1) is 6.92 Å². The maximum Gasteiger partial charge on any atom is 0.316 e. The molecule has 0 saturated heterocycles. The molecule has 0 spiro atoms. The highest BCUT2D eigenvalue weighted by Crippen LogP contribution is 2.14. The van der Waals surface area contributed by atoms with Crippen LogP contribution in [0.4, 0.5) is 5.69 Å². The van der Waals surface area contributed by atoms with E-state index in [0.717, 1.165) is 12.0 Å². The van der Waals surface area contributed by atoms with E-state index in [1.54, 1.807) is 24.3 Å². The van der Waals surface area contributed by atoms with Crippen LogP contribution in [0.2, 0.25) is 0 Å². The largest absolute Gasteiger partial charge is 0.457 e. The standard InChI is InChI=1S/C22H25NO4S/c1-3-4-21(25)23-19-11-9-18(10-12-19)20(24)13-27-22(26)15-28-14-17-7-5-16(2)6-8-17/h5-12H,3-4,13-15H2,1-2H3,(H,23,25). The molecule has 0 heterocycles. The molecule has 0 aliphatic heterocycles. The molecular formula is C22H25NO4S. The molecule has 2 rings (SSSR count). The molecule has 0 bridgehead atoms. The van der Waals surface area contributed by atoms with Crippen LogP contribution in [0.1, 0.15) is 41.3 Å². The lowest BCUT2D eigenvalue weighted by atomic mass is 10.1. The topological polar surface area (TPSA) is 72.5 Å². The van der Waals surface area contributed by atoms with Gasteiger partial charge in [0.1, 0.15) is 0 Å². The molecule has 0 aromatic heterocycles. The Morgan fingerprint density at radius 1 is 1.00 bits per heavy atom. The monoisotopic (exact) mass is 399 g/mol. The minimum atomic E-state index is -0.408. The van der Waals surface area contributed by atoms with Gasteiger partial charge >= 0.3 is 5.97 Å². The quantitative estimate of drug-likeness (QED) is 0.474. The van der Waals surface area contributed by atoms with Crippen molar-refractivity contribution >= 4 is 35.1 Å². The highest BCUT2D eigenvalue weighted by molar-refractivity contribution is 7.99. The minimum absolute atomic E-state index is 0.0568. The molecule has 0 saturated carbocycles. The summed E-state index contributed by atoms with van der Waals surface area (Å²) in [6.45, 7) is 3.68. The molecule has 1 N–H and O–H groups in total. The smallest absolute Gasteiger partial charge is 0.316 e. The van der Waals surface area contributed by atoms with Gasteiger partial charge in [-0.15, -0.1) is 11.8 Å². The Bertz CT molecular complexity index is 800. The number of anilines is 1. The van der Waals surface area contributed by atoms with Gasteiger partial charge in [-0.2, -0.15) is 0 Å². The molecule has 0 atom stereocenters. The number of hydrogen-bond donors (Lipinski definition) is 1. The summed E-state index contributed by atoms with van der Waals surface area (Å²) in [4.78, 5) is 35.5. The first-order valence-electron chi connectivity index (χ1n) is 9.20. The number of nitrogens with one attached hydrogen (secondary N) is 1. The van der Waals surface area contributed by atoms with Crippen molar-refractivity contribution in [2.24, 2.45) is 0 Å². The number of hydrogen-bond acceptors (Lipinski definition) is 5. The van der Waals surface area contributed by atoms with Gasteiger partial charge in [0.05, 0.1) is 5.75 Å². The molecule has 0 fully saturated rings. The van der Waals surface area contributed by atoms with Crippen LogP contribution in [0.3, 0.4) is 0 Å². The maximum absolute atomic E-state index is 12.1. The summed E-state index contributed by atoms with van der Waals surface area (Å²) in [5, 5.41) is 2.76. The zero-order chi connectivity index (χ0) is 20.4. The lowest BCUT2D eigenvalue weighted by Crippen LogP contribution is -2.16. The van der Waals surface area contributed by atoms with E-state index in [1.807, 2.05) is 38.1 Å². The van der Waals surface area contributed by atoms with E-state index in [2.05, 4.69) is 5.32 Å². The lowest BCUT2D eigenvalue weighted by Gasteiger charge is -2.07. The van der Waals surface area contributed by atoms with Crippen molar-refractivity contribution in [2.45, 2.75) is 32.4 Å². The normalized spacial score (nSPS) is 10.4. The Morgan fingerprint density at radius 2 is 1.68 bits per heavy atom. The number of carbonyl (C=O) groups excluding carboxylic acids is 3. The lowest BCUT2D eigenvalue weighted by molar-refractivity contribution is -0.139. The number of ketones is 1. The molecule has 5 nitrogen and oxygen atoms in total. The molecule has 6 heteroatoms. The van der Waals surface area contributed by atoms with Crippen molar-refractivity contribution in [3.63, 3.8) is 0 Å². The van der Waals surface area contributed by atoms with E-state index in [0.29, 0.717) is 23.4 Å². The number of benzene rings is 2. The van der Waals surface area contributed by atoms with Crippen molar-refractivity contribution in [3.05, 3.63) is 65.2 Å². The molecular weight excluding hydrogens is 374 g/mol. The van der Waals surface area contributed by atoms with Crippen molar-refractivity contribution in [1.29, 1.82) is 0 Å². The Hall–Kier alpha value is -2.60. The molecule has 28 heavy (non-hydrogen) atoms. The summed E-state index contributed by atoms with van der Waals surface area (Å²) in [5.41, 5.74) is 3.42. The van der Waals surface area contributed by atoms with Crippen LogP contribution in [0.5, 0.6) is 0 Å². The number of Topliss-reactive ketones (excluding diaryl/α,β-unsaturated/α-hetero) is 1. The number of aryl methyl sites for hydroxylation is 1. The summed E-state index contributed by atoms with van der Waals surface area (Å²) in [6.07, 6.45) is 1.23. The third kappa shape index (κ3) is 7.56. The predicted molar refractivity (Wildman–Crippen MR) is 113 cm³/mol. The zero-order valence-corrected chi connectivity index (χ0v) is 17.0. The summed E-state index contributed by atoms with van der Waals surface area (Å²) in [7, 11) is 0. The Kier molecular flexibility index (Phi) is 8.75. The van der Waals surface area contributed by atoms with Crippen LogP contribution in [0.25, 0.3) is 0 Å². The van der Waals surface area contributed by atoms with Crippen molar-refractivity contribution in [2.75, 3.05) is 17.7 Å². The van der Waals surface area contributed by atoms with Crippen molar-refractivity contribution < 1.29 is 19.1 Å². The summed E-state index contributed by atoms with van der Waals surface area (Å²) in [6, 6.07) is 14.7. The molecule has 148 valence electrons. The van der Waals surface area contributed by atoms with E-state index < -0.39 is 5.97 Å². The summed E-state index contributed by atoms with van der Waals surface area (Å²) in [5.74, 6) is 0.175. The van der Waals surface area contributed by atoms with E-state index in [-0.39, 0.29) is 24.1 Å². The number of esters is 1. The van der Waals surface area contributed by atoms with Gasteiger partial charge in [0, 0.05) is 23.4 Å². The second kappa shape index (κ2) is 11.3. The fraction of sp³-hybridized carbons (Fsp3) is 0.318. The Balaban J connectivity index is 1.71. The van der Waals surface area contributed by atoms with Crippen molar-refractivity contribution in [3.8, 4) is 0 Å². The number of ether oxygens (including phenoxy) is 1. The van der Waals surface area contributed by atoms with Crippen LogP contribution < -0.4 is 5.32 Å². The molecule has 2 aromatic rings. The van der Waals surface area contributed by atoms with Crippen LogP contribution in [-0.4, -0.2) is 30.0 Å². The molecule has 0 radical (unpaired) electrons. The van der Waals surface area contributed by atoms with Crippen molar-refractivity contribution in [1.82, 2.24) is 0 Å². The first-order chi connectivity index (χ1) is 13.5. The molecule has 1 amide bonds. The van der Waals surface area contributed by atoms with Gasteiger partial charge in [-0.25, -0.2) is 0 Å². The second-order valence-electron chi connectivity index (χ2n) is 6.44. The highest BCUT2D eigenvalue weighted by atomic mass is 32.2. The minimum Gasteiger partial charge on any atom is -0.457 e. The zero-order valence-electron chi connectivity index (χ0n) is 16.2. The molecule has 0 unspecified atom stereocenters. The van der Waals surface area contributed by atoms with Gasteiger partial charge < -0.3 is 10.1 Å². The highest BCUT2D eigenvalue weighted by Gasteiger charge is 2.11. The average Bonchev–Trinajstić information content (AvgIpc) is 2.68. The Morgan fingerprint density at radius 3 is 2.32 bits per heavy atom. The van der Waals surface area contributed by atoms with Gasteiger partial charge in [-0.1, -0.05) is 36.8 Å². The maximum atomic E-state index is 12.1. The van der Waals surface area contributed by atoms with E-state index >= 15 is 0 Å². The van der Waals surface area contributed by atoms with Crippen LogP contribution in [0.15, 0.2) is 48.5 Å². The van der Waals surface area contributed by atoms with Gasteiger partial charge in [-0.3, -0.25) is 14.4 Å². The first-order valence-corrected chi connectivity index (χ1v) is 10.4. The van der Waals surface area contributed by atoms with Gasteiger partial charge in [0.2, 0.25) is 5.91 Å². The average molecular weight is 400 g/mol. The fourth-order valence-electron chi connectivity index (χ4n) is 2.40. The molecule has 2 aromatic carbocycles. The number of rotatable bonds is 10. The second-order valence-corrected chi connectivity index (χ2v) is 7.42. The molecule has 0 aliphatic rings. The number of amides is 1. The van der Waals surface area contributed by atoms with Gasteiger partial charge in [-0.05, 0) is 43.2 Å². The fourth-order valence-corrected chi connectivity index (χ4v) is 3.18. The first kappa shape index (κ1) is 21.7. The van der Waals surface area contributed by atoms with Crippen LogP contribution in [-0.2, 0) is 20.1 Å². The van der Waals surface area contributed by atoms with E-state index in [1.165, 1.54) is 17.3 Å². The van der Waals surface area contributed by atoms with E-state index in [9.17, 15) is 14.4 Å². The van der Waals surface area contributed by atoms with Gasteiger partial charge in [0.25, 0.3) is 0 Å². The third-order valence-electron chi connectivity index (χ3n) is 3.94. The van der Waals surface area contributed by atoms with Crippen LogP contribution >= 0.6 is 11.8 Å². The Labute approximate surface area is 169 Å². The number of thioether (sulfide) groups is 1. The van der Waals surface area contributed by atoms with Gasteiger partial charge in [0.15, 0.2) is 12.4 Å². The summed E-state index contributed by atoms with van der Waals surface area (Å²) < 4.78 is 5.06. The number of carbonyl (C=O) groups is 3. The molecule has 0 aliphatic carbocycles.